The van der Waals surface area contributed by atoms with E-state index in [1.54, 1.807) is 24.3 Å². The summed E-state index contributed by atoms with van der Waals surface area (Å²) >= 11 is 0. The van der Waals surface area contributed by atoms with E-state index in [0.717, 1.165) is 5.56 Å². The predicted octanol–water partition coefficient (Wildman–Crippen LogP) is 0.993. The summed E-state index contributed by atoms with van der Waals surface area (Å²) in [6.07, 6.45) is 0.453. The van der Waals surface area contributed by atoms with Gasteiger partial charge in [0.15, 0.2) is 0 Å². The summed E-state index contributed by atoms with van der Waals surface area (Å²) in [5.41, 5.74) is 6.40. The highest BCUT2D eigenvalue weighted by atomic mass is 16.3. The van der Waals surface area contributed by atoms with Gasteiger partial charge in [0.25, 0.3) is 0 Å². The monoisotopic (exact) mass is 222 g/mol. The van der Waals surface area contributed by atoms with Crippen molar-refractivity contribution in [3.05, 3.63) is 29.8 Å². The van der Waals surface area contributed by atoms with E-state index in [1.807, 2.05) is 6.92 Å². The van der Waals surface area contributed by atoms with Gasteiger partial charge in [-0.1, -0.05) is 19.1 Å². The van der Waals surface area contributed by atoms with Gasteiger partial charge in [0, 0.05) is 13.0 Å². The Hall–Kier alpha value is -1.55. The van der Waals surface area contributed by atoms with E-state index in [-0.39, 0.29) is 17.6 Å². The van der Waals surface area contributed by atoms with Gasteiger partial charge in [0.05, 0.1) is 0 Å². The Morgan fingerprint density at radius 2 is 2.06 bits per heavy atom. The van der Waals surface area contributed by atoms with Crippen molar-refractivity contribution in [3.8, 4) is 5.75 Å². The number of hydrogen-bond donors (Lipinski definition) is 3. The smallest absolute Gasteiger partial charge is 0.220 e. The molecule has 4 N–H and O–H groups in total. The molecule has 0 saturated carbocycles. The zero-order valence-electron chi connectivity index (χ0n) is 9.44. The van der Waals surface area contributed by atoms with Crippen LogP contribution in [0.25, 0.3) is 0 Å². The molecule has 0 radical (unpaired) electrons. The summed E-state index contributed by atoms with van der Waals surface area (Å²) in [6, 6.07) is 6.76. The van der Waals surface area contributed by atoms with Crippen molar-refractivity contribution in [1.82, 2.24) is 5.32 Å². The minimum Gasteiger partial charge on any atom is -0.508 e. The first kappa shape index (κ1) is 12.5. The number of phenols is 1. The average Bonchev–Trinajstić information content (AvgIpc) is 2.28. The molecule has 16 heavy (non-hydrogen) atoms. The molecule has 0 fully saturated rings. The lowest BCUT2D eigenvalue weighted by atomic mass is 10.1. The number of nitrogens with one attached hydrogen (secondary N) is 1. The topological polar surface area (TPSA) is 75.4 Å². The molecule has 4 heteroatoms. The van der Waals surface area contributed by atoms with E-state index in [2.05, 4.69) is 5.32 Å². The second kappa shape index (κ2) is 6.12. The van der Waals surface area contributed by atoms with Gasteiger partial charge in [-0.25, -0.2) is 0 Å². The molecular formula is C12H18N2O2. The standard InChI is InChI=1S/C12H18N2O2/c1-9(7-13)6-12(16)14-8-10-2-4-11(15)5-3-10/h2-5,9,15H,6-8,13H2,1H3,(H,14,16). The number of carbonyl (C=O) groups excluding carboxylic acids is 1. The van der Waals surface area contributed by atoms with Gasteiger partial charge >= 0.3 is 0 Å². The van der Waals surface area contributed by atoms with E-state index in [9.17, 15) is 4.79 Å². The second-order valence-corrected chi connectivity index (χ2v) is 3.99. The fourth-order valence-electron chi connectivity index (χ4n) is 1.29. The van der Waals surface area contributed by atoms with E-state index < -0.39 is 0 Å². The summed E-state index contributed by atoms with van der Waals surface area (Å²) in [7, 11) is 0. The molecule has 0 bridgehead atoms. The molecule has 1 rings (SSSR count). The van der Waals surface area contributed by atoms with Crippen molar-refractivity contribution in [1.29, 1.82) is 0 Å². The van der Waals surface area contributed by atoms with Crippen molar-refractivity contribution in [2.45, 2.75) is 19.9 Å². The number of hydrogen-bond acceptors (Lipinski definition) is 3. The van der Waals surface area contributed by atoms with Crippen LogP contribution in [0, 0.1) is 5.92 Å². The van der Waals surface area contributed by atoms with E-state index in [0.29, 0.717) is 19.5 Å². The van der Waals surface area contributed by atoms with Gasteiger partial charge in [-0.2, -0.15) is 0 Å². The van der Waals surface area contributed by atoms with Gasteiger partial charge < -0.3 is 16.2 Å². The van der Waals surface area contributed by atoms with Gasteiger partial charge in [0.1, 0.15) is 5.75 Å². The molecule has 1 atom stereocenters. The molecule has 1 aromatic carbocycles. The zero-order chi connectivity index (χ0) is 12.0. The number of benzene rings is 1. The Kier molecular flexibility index (Phi) is 4.79. The highest BCUT2D eigenvalue weighted by Gasteiger charge is 2.06. The summed E-state index contributed by atoms with van der Waals surface area (Å²) in [6.45, 7) is 2.95. The minimum absolute atomic E-state index is 0.00558. The third kappa shape index (κ3) is 4.31. The van der Waals surface area contributed by atoms with Crippen LogP contribution in [0.2, 0.25) is 0 Å². The average molecular weight is 222 g/mol. The van der Waals surface area contributed by atoms with Crippen molar-refractivity contribution in [2.75, 3.05) is 6.54 Å². The summed E-state index contributed by atoms with van der Waals surface area (Å²) in [5.74, 6) is 0.442. The Bertz CT molecular complexity index is 335. The fourth-order valence-corrected chi connectivity index (χ4v) is 1.29. The molecule has 1 unspecified atom stereocenters. The van der Waals surface area contributed by atoms with Crippen molar-refractivity contribution < 1.29 is 9.90 Å². The maximum absolute atomic E-state index is 11.4. The Balaban J connectivity index is 2.34. The van der Waals surface area contributed by atoms with Gasteiger partial charge in [-0.3, -0.25) is 4.79 Å². The van der Waals surface area contributed by atoms with Gasteiger partial charge in [-0.15, -0.1) is 0 Å². The molecule has 0 heterocycles. The zero-order valence-corrected chi connectivity index (χ0v) is 9.44. The third-order valence-corrected chi connectivity index (χ3v) is 2.36. The maximum Gasteiger partial charge on any atom is 0.220 e. The van der Waals surface area contributed by atoms with Crippen molar-refractivity contribution >= 4 is 5.91 Å². The molecule has 0 spiro atoms. The van der Waals surface area contributed by atoms with Crippen LogP contribution < -0.4 is 11.1 Å². The molecule has 1 amide bonds. The Morgan fingerprint density at radius 1 is 1.44 bits per heavy atom. The van der Waals surface area contributed by atoms with Crippen molar-refractivity contribution in [2.24, 2.45) is 11.7 Å². The Morgan fingerprint density at radius 3 is 2.62 bits per heavy atom. The lowest BCUT2D eigenvalue weighted by molar-refractivity contribution is -0.122. The number of rotatable bonds is 5. The minimum atomic E-state index is 0.00558. The molecule has 0 aliphatic rings. The summed E-state index contributed by atoms with van der Waals surface area (Å²) < 4.78 is 0. The number of carbonyl (C=O) groups is 1. The largest absolute Gasteiger partial charge is 0.508 e. The van der Waals surface area contributed by atoms with Gasteiger partial charge in [0.2, 0.25) is 5.91 Å². The molecule has 0 aliphatic heterocycles. The van der Waals surface area contributed by atoms with Crippen LogP contribution >= 0.6 is 0 Å². The van der Waals surface area contributed by atoms with Crippen LogP contribution in [0.1, 0.15) is 18.9 Å². The Labute approximate surface area is 95.5 Å². The number of phenolic OH excluding ortho intramolecular Hbond substituents is 1. The van der Waals surface area contributed by atoms with E-state index >= 15 is 0 Å². The van der Waals surface area contributed by atoms with Crippen LogP contribution in [0.5, 0.6) is 5.75 Å². The molecule has 4 nitrogen and oxygen atoms in total. The van der Waals surface area contributed by atoms with Crippen LogP contribution in [-0.4, -0.2) is 17.6 Å². The maximum atomic E-state index is 11.4. The van der Waals surface area contributed by atoms with Crippen LogP contribution in [0.3, 0.4) is 0 Å². The lowest BCUT2D eigenvalue weighted by Crippen LogP contribution is -2.26. The van der Waals surface area contributed by atoms with Crippen LogP contribution in [0.15, 0.2) is 24.3 Å². The normalized spacial score (nSPS) is 12.1. The fraction of sp³-hybridized carbons (Fsp3) is 0.417. The molecular weight excluding hydrogens is 204 g/mol. The number of aromatic hydroxyl groups is 1. The number of nitrogens with two attached hydrogens (primary N) is 1. The SMILES string of the molecule is CC(CN)CC(=O)NCc1ccc(O)cc1. The molecule has 0 aromatic heterocycles. The first-order valence-corrected chi connectivity index (χ1v) is 5.36. The quantitative estimate of drug-likeness (QED) is 0.695. The first-order chi connectivity index (χ1) is 7.61. The molecule has 0 aliphatic carbocycles. The summed E-state index contributed by atoms with van der Waals surface area (Å²) in [4.78, 5) is 11.4. The first-order valence-electron chi connectivity index (χ1n) is 5.36. The van der Waals surface area contributed by atoms with Crippen molar-refractivity contribution in [3.63, 3.8) is 0 Å². The number of amides is 1. The lowest BCUT2D eigenvalue weighted by Gasteiger charge is -2.09. The third-order valence-electron chi connectivity index (χ3n) is 2.36. The second-order valence-electron chi connectivity index (χ2n) is 3.99. The molecule has 88 valence electrons. The summed E-state index contributed by atoms with van der Waals surface area (Å²) in [5, 5.41) is 11.9. The molecule has 1 aromatic rings. The van der Waals surface area contributed by atoms with Crippen LogP contribution in [0.4, 0.5) is 0 Å². The van der Waals surface area contributed by atoms with E-state index in [4.69, 9.17) is 10.8 Å². The highest BCUT2D eigenvalue weighted by Crippen LogP contribution is 2.09. The molecule has 0 saturated heterocycles. The van der Waals surface area contributed by atoms with Gasteiger partial charge in [-0.05, 0) is 30.2 Å². The van der Waals surface area contributed by atoms with Crippen LogP contribution in [-0.2, 0) is 11.3 Å². The highest BCUT2D eigenvalue weighted by molar-refractivity contribution is 5.76. The van der Waals surface area contributed by atoms with E-state index in [1.165, 1.54) is 0 Å². The predicted molar refractivity (Wildman–Crippen MR) is 62.8 cm³/mol.